The fourth-order valence-electron chi connectivity index (χ4n) is 1.84. The van der Waals surface area contributed by atoms with E-state index in [2.05, 4.69) is 4.98 Å². The van der Waals surface area contributed by atoms with Gasteiger partial charge in [-0.3, -0.25) is 0 Å². The summed E-state index contributed by atoms with van der Waals surface area (Å²) in [5.74, 6) is -3.83. The third-order valence-corrected chi connectivity index (χ3v) is 2.83. The topological polar surface area (TPSA) is 116 Å². The summed E-state index contributed by atoms with van der Waals surface area (Å²) >= 11 is 0. The molecule has 0 radical (unpaired) electrons. The number of nitrogens with two attached hydrogens (primary N) is 1. The Labute approximate surface area is 120 Å². The Morgan fingerprint density at radius 1 is 1.19 bits per heavy atom. The van der Waals surface area contributed by atoms with Gasteiger partial charge in [0.1, 0.15) is 5.82 Å². The van der Waals surface area contributed by atoms with Gasteiger partial charge in [-0.05, 0) is 37.4 Å². The van der Waals surface area contributed by atoms with E-state index in [1.165, 1.54) is 11.6 Å². The summed E-state index contributed by atoms with van der Waals surface area (Å²) in [6, 6.07) is 5.17. The zero-order chi connectivity index (χ0) is 15.8. The van der Waals surface area contributed by atoms with Gasteiger partial charge >= 0.3 is 11.9 Å². The predicted octanol–water partition coefficient (Wildman–Crippen LogP) is 1.74. The number of unbranched alkanes of at least 4 members (excludes halogenated alkanes) is 1. The second kappa shape index (κ2) is 8.01. The smallest absolute Gasteiger partial charge is 0.414 e. The molecule has 0 bridgehead atoms. The third-order valence-electron chi connectivity index (χ3n) is 2.83. The van der Waals surface area contributed by atoms with Crippen LogP contribution in [0.3, 0.4) is 0 Å². The van der Waals surface area contributed by atoms with Crippen LogP contribution in [0.2, 0.25) is 0 Å². The zero-order valence-electron chi connectivity index (χ0n) is 11.3. The van der Waals surface area contributed by atoms with E-state index in [1.54, 1.807) is 6.07 Å². The molecule has 0 saturated heterocycles. The zero-order valence-corrected chi connectivity index (χ0v) is 11.3. The molecular weight excluding hydrogens is 279 g/mol. The molecule has 0 aliphatic carbocycles. The average Bonchev–Trinajstić information content (AvgIpc) is 2.85. The summed E-state index contributed by atoms with van der Waals surface area (Å²) in [7, 11) is 0. The molecule has 0 spiro atoms. The molecule has 114 valence electrons. The van der Waals surface area contributed by atoms with Crippen LogP contribution in [0.25, 0.3) is 10.9 Å². The molecule has 21 heavy (non-hydrogen) atoms. The maximum atomic E-state index is 13.3. The number of nitrogens with one attached hydrogen (secondary N) is 1. The summed E-state index contributed by atoms with van der Waals surface area (Å²) in [6.07, 6.45) is 4.92. The number of aromatic nitrogens is 1. The van der Waals surface area contributed by atoms with Crippen LogP contribution in [0, 0.1) is 5.82 Å². The molecule has 5 N–H and O–H groups in total. The highest BCUT2D eigenvalue weighted by molar-refractivity contribution is 6.27. The molecule has 0 atom stereocenters. The van der Waals surface area contributed by atoms with Crippen LogP contribution in [0.1, 0.15) is 18.4 Å². The minimum absolute atomic E-state index is 0.183. The van der Waals surface area contributed by atoms with Crippen molar-refractivity contribution >= 4 is 22.8 Å². The Balaban J connectivity index is 0.000000315. The Hall–Kier alpha value is -2.41. The fourth-order valence-corrected chi connectivity index (χ4v) is 1.84. The molecule has 0 unspecified atom stereocenters. The van der Waals surface area contributed by atoms with Gasteiger partial charge in [-0.2, -0.15) is 0 Å². The summed E-state index contributed by atoms with van der Waals surface area (Å²) in [4.78, 5) is 21.2. The Kier molecular flexibility index (Phi) is 6.35. The maximum absolute atomic E-state index is 13.3. The van der Waals surface area contributed by atoms with Gasteiger partial charge in [0.25, 0.3) is 0 Å². The van der Waals surface area contributed by atoms with Gasteiger partial charge in [-0.25, -0.2) is 14.0 Å². The average molecular weight is 296 g/mol. The number of aryl methyl sites for hydroxylation is 1. The highest BCUT2D eigenvalue weighted by Crippen LogP contribution is 2.21. The first-order valence-electron chi connectivity index (χ1n) is 6.38. The lowest BCUT2D eigenvalue weighted by atomic mass is 10.1. The van der Waals surface area contributed by atoms with E-state index in [0.717, 1.165) is 31.2 Å². The van der Waals surface area contributed by atoms with E-state index in [9.17, 15) is 4.39 Å². The fraction of sp³-hybridized carbons (Fsp3) is 0.286. The van der Waals surface area contributed by atoms with Crippen molar-refractivity contribution in [1.29, 1.82) is 0 Å². The predicted molar refractivity (Wildman–Crippen MR) is 75.5 cm³/mol. The number of aliphatic carboxylic acids is 2. The van der Waals surface area contributed by atoms with Crippen LogP contribution < -0.4 is 5.73 Å². The van der Waals surface area contributed by atoms with Crippen LogP contribution in [0.15, 0.2) is 24.4 Å². The second-order valence-corrected chi connectivity index (χ2v) is 4.33. The largest absolute Gasteiger partial charge is 0.473 e. The number of rotatable bonds is 4. The van der Waals surface area contributed by atoms with Crippen molar-refractivity contribution in [3.63, 3.8) is 0 Å². The van der Waals surface area contributed by atoms with Crippen LogP contribution in [0.5, 0.6) is 0 Å². The number of benzene rings is 1. The first-order chi connectivity index (χ1) is 9.97. The summed E-state index contributed by atoms with van der Waals surface area (Å²) in [5, 5.41) is 15.8. The minimum atomic E-state index is -1.82. The number of fused-ring (bicyclic) bond motifs is 1. The molecule has 0 saturated carbocycles. The summed E-state index contributed by atoms with van der Waals surface area (Å²) < 4.78 is 13.3. The summed E-state index contributed by atoms with van der Waals surface area (Å²) in [6.45, 7) is 0.719. The standard InChI is InChI=1S/C12H15FN2.C2H2O4/c13-11-6-3-5-10-9(4-1-2-7-14)8-15-12(10)11;3-1(4)2(5)6/h3,5-6,8,15H,1-2,4,7,14H2;(H,3,4)(H,5,6). The highest BCUT2D eigenvalue weighted by Gasteiger charge is 2.06. The van der Waals surface area contributed by atoms with Gasteiger partial charge in [-0.1, -0.05) is 12.1 Å². The normalized spacial score (nSPS) is 10.0. The van der Waals surface area contributed by atoms with E-state index in [-0.39, 0.29) is 5.82 Å². The van der Waals surface area contributed by atoms with Gasteiger partial charge in [0.15, 0.2) is 0 Å². The first kappa shape index (κ1) is 16.6. The number of hydrogen-bond donors (Lipinski definition) is 4. The van der Waals surface area contributed by atoms with E-state index in [1.807, 2.05) is 12.3 Å². The van der Waals surface area contributed by atoms with Crippen molar-refractivity contribution in [1.82, 2.24) is 4.98 Å². The molecule has 0 fully saturated rings. The number of para-hydroxylation sites is 1. The van der Waals surface area contributed by atoms with Crippen molar-refractivity contribution in [2.75, 3.05) is 6.54 Å². The number of carbonyl (C=O) groups is 2. The SMILES string of the molecule is NCCCCc1c[nH]c2c(F)cccc12.O=C(O)C(=O)O. The highest BCUT2D eigenvalue weighted by atomic mass is 19.1. The molecular formula is C14H17FN2O4. The number of halogens is 1. The number of hydrogen-bond acceptors (Lipinski definition) is 3. The van der Waals surface area contributed by atoms with E-state index >= 15 is 0 Å². The van der Waals surface area contributed by atoms with Crippen LogP contribution in [-0.2, 0) is 16.0 Å². The van der Waals surface area contributed by atoms with Gasteiger partial charge in [-0.15, -0.1) is 0 Å². The van der Waals surface area contributed by atoms with Crippen molar-refractivity contribution < 1.29 is 24.2 Å². The van der Waals surface area contributed by atoms with Gasteiger partial charge in [0.2, 0.25) is 0 Å². The van der Waals surface area contributed by atoms with Crippen LogP contribution >= 0.6 is 0 Å². The molecule has 2 rings (SSSR count). The molecule has 6 nitrogen and oxygen atoms in total. The van der Waals surface area contributed by atoms with Crippen molar-refractivity contribution in [2.24, 2.45) is 5.73 Å². The molecule has 7 heteroatoms. The van der Waals surface area contributed by atoms with E-state index in [0.29, 0.717) is 5.52 Å². The quantitative estimate of drug-likeness (QED) is 0.506. The van der Waals surface area contributed by atoms with Crippen molar-refractivity contribution in [2.45, 2.75) is 19.3 Å². The molecule has 2 aromatic rings. The number of carboxylic acid groups (broad SMARTS) is 2. The van der Waals surface area contributed by atoms with Crippen LogP contribution in [0.4, 0.5) is 4.39 Å². The molecule has 0 aliphatic heterocycles. The van der Waals surface area contributed by atoms with Crippen molar-refractivity contribution in [3.8, 4) is 0 Å². The van der Waals surface area contributed by atoms with Gasteiger partial charge in [0, 0.05) is 11.6 Å². The Morgan fingerprint density at radius 2 is 1.86 bits per heavy atom. The van der Waals surface area contributed by atoms with E-state index < -0.39 is 11.9 Å². The van der Waals surface area contributed by atoms with Crippen molar-refractivity contribution in [3.05, 3.63) is 35.8 Å². The maximum Gasteiger partial charge on any atom is 0.414 e. The lowest BCUT2D eigenvalue weighted by Gasteiger charge is -1.98. The molecule has 0 amide bonds. The first-order valence-corrected chi connectivity index (χ1v) is 6.38. The second-order valence-electron chi connectivity index (χ2n) is 4.33. The van der Waals surface area contributed by atoms with Crippen LogP contribution in [-0.4, -0.2) is 33.7 Å². The summed E-state index contributed by atoms with van der Waals surface area (Å²) in [5.41, 5.74) is 7.23. The minimum Gasteiger partial charge on any atom is -0.473 e. The molecule has 0 aliphatic rings. The molecule has 1 aromatic heterocycles. The lowest BCUT2D eigenvalue weighted by molar-refractivity contribution is -0.159. The number of carboxylic acids is 2. The van der Waals surface area contributed by atoms with Gasteiger partial charge < -0.3 is 20.9 Å². The number of aromatic amines is 1. The number of H-pyrrole nitrogens is 1. The van der Waals surface area contributed by atoms with E-state index in [4.69, 9.17) is 25.5 Å². The Bertz CT molecular complexity index is 612. The molecule has 1 aromatic carbocycles. The third kappa shape index (κ3) is 4.88. The monoisotopic (exact) mass is 296 g/mol. The lowest BCUT2D eigenvalue weighted by Crippen LogP contribution is -2.09. The Morgan fingerprint density at radius 3 is 2.43 bits per heavy atom. The molecule has 1 heterocycles. The van der Waals surface area contributed by atoms with Gasteiger partial charge in [0.05, 0.1) is 5.52 Å².